The molecule has 2 heterocycles. The van der Waals surface area contributed by atoms with Crippen molar-refractivity contribution in [1.82, 2.24) is 4.98 Å². The normalized spacial score (nSPS) is 12.9. The molecule has 8 nitrogen and oxygen atoms in total. The predicted octanol–water partition coefficient (Wildman–Crippen LogP) is 5.82. The molecule has 0 fully saturated rings. The van der Waals surface area contributed by atoms with Crippen molar-refractivity contribution in [3.63, 3.8) is 0 Å². The number of benzene rings is 3. The molecule has 0 radical (unpaired) electrons. The number of nitrogen functional groups attached to an aromatic ring is 2. The van der Waals surface area contributed by atoms with Gasteiger partial charge in [0.1, 0.15) is 18.1 Å². The van der Waals surface area contributed by atoms with Crippen LogP contribution in [-0.2, 0) is 4.79 Å². The molecule has 1 aromatic heterocycles. The lowest BCUT2D eigenvalue weighted by molar-refractivity contribution is -0.116. The summed E-state index contributed by atoms with van der Waals surface area (Å²) in [6.45, 7) is 0.146. The van der Waals surface area contributed by atoms with Gasteiger partial charge in [0.05, 0.1) is 17.1 Å². The Labute approximate surface area is 214 Å². The molecule has 0 spiro atoms. The summed E-state index contributed by atoms with van der Waals surface area (Å²) >= 11 is 6.11. The van der Waals surface area contributed by atoms with Crippen molar-refractivity contribution in [2.45, 2.75) is 0 Å². The zero-order valence-electron chi connectivity index (χ0n) is 19.5. The van der Waals surface area contributed by atoms with E-state index in [1.165, 1.54) is 0 Å². The maximum atomic E-state index is 12.0. The smallest absolute Gasteiger partial charge is 0.248 e. The molecule has 0 bridgehead atoms. The van der Waals surface area contributed by atoms with E-state index in [1.54, 1.807) is 30.1 Å². The van der Waals surface area contributed by atoms with Crippen molar-refractivity contribution in [3.8, 4) is 0 Å². The van der Waals surface area contributed by atoms with Gasteiger partial charge in [0.25, 0.3) is 0 Å². The van der Waals surface area contributed by atoms with Gasteiger partial charge in [0.2, 0.25) is 5.91 Å². The number of pyridine rings is 1. The maximum Gasteiger partial charge on any atom is 0.248 e. The predicted molar refractivity (Wildman–Crippen MR) is 145 cm³/mol. The summed E-state index contributed by atoms with van der Waals surface area (Å²) in [6.07, 6.45) is 0. The minimum Gasteiger partial charge on any atom is -0.384 e. The second-order valence-corrected chi connectivity index (χ2v) is 8.26. The minimum absolute atomic E-state index is 0.0282. The Bertz CT molecular complexity index is 1420. The van der Waals surface area contributed by atoms with Gasteiger partial charge >= 0.3 is 0 Å². The molecule has 3 aromatic carbocycles. The van der Waals surface area contributed by atoms with E-state index in [0.717, 1.165) is 28.2 Å². The molecule has 4 N–H and O–H groups in total. The van der Waals surface area contributed by atoms with Crippen LogP contribution in [0.3, 0.4) is 0 Å². The number of halogens is 1. The number of anilines is 3. The van der Waals surface area contributed by atoms with Gasteiger partial charge in [-0.25, -0.2) is 4.98 Å². The van der Waals surface area contributed by atoms with Crippen LogP contribution in [-0.4, -0.2) is 30.2 Å². The number of fused-ring (bicyclic) bond motifs is 1. The second kappa shape index (κ2) is 11.2. The van der Waals surface area contributed by atoms with E-state index in [-0.39, 0.29) is 18.3 Å². The molecule has 1 aliphatic heterocycles. The van der Waals surface area contributed by atoms with E-state index in [0.29, 0.717) is 16.5 Å². The van der Waals surface area contributed by atoms with E-state index >= 15 is 0 Å². The summed E-state index contributed by atoms with van der Waals surface area (Å²) < 4.78 is 0. The van der Waals surface area contributed by atoms with Crippen LogP contribution in [0.2, 0.25) is 5.02 Å². The molecule has 4 aromatic rings. The number of rotatable bonds is 3. The fourth-order valence-corrected chi connectivity index (χ4v) is 3.65. The highest BCUT2D eigenvalue weighted by atomic mass is 35.5. The molecule has 0 atom stereocenters. The first-order valence-corrected chi connectivity index (χ1v) is 11.5. The molecule has 0 unspecified atom stereocenters. The average Bonchev–Trinajstić information content (AvgIpc) is 3.01. The number of aliphatic imine (C=N–C) groups is 1. The lowest BCUT2D eigenvalue weighted by Gasteiger charge is -2.18. The van der Waals surface area contributed by atoms with Crippen LogP contribution in [0.15, 0.2) is 106 Å². The monoisotopic (exact) mass is 497 g/mol. The Hall–Kier alpha value is -4.56. The van der Waals surface area contributed by atoms with Crippen LogP contribution in [0.5, 0.6) is 0 Å². The molecule has 0 saturated heterocycles. The molecule has 5 rings (SSSR count). The number of aromatic nitrogens is 1. The van der Waals surface area contributed by atoms with Crippen LogP contribution < -0.4 is 16.4 Å². The number of hydrogen-bond donors (Lipinski definition) is 2. The van der Waals surface area contributed by atoms with Crippen LogP contribution in [0, 0.1) is 0 Å². The minimum atomic E-state index is -0.0282. The van der Waals surface area contributed by atoms with E-state index in [2.05, 4.69) is 20.2 Å². The molecule has 36 heavy (non-hydrogen) atoms. The summed E-state index contributed by atoms with van der Waals surface area (Å²) in [4.78, 5) is 22.0. The highest BCUT2D eigenvalue weighted by Gasteiger charge is 2.22. The zero-order valence-corrected chi connectivity index (χ0v) is 20.3. The molecular weight excluding hydrogens is 474 g/mol. The Balaban J connectivity index is 0.000000174. The van der Waals surface area contributed by atoms with Gasteiger partial charge in [-0.15, -0.1) is 5.11 Å². The Kier molecular flexibility index (Phi) is 7.67. The van der Waals surface area contributed by atoms with Crippen molar-refractivity contribution < 1.29 is 4.79 Å². The van der Waals surface area contributed by atoms with E-state index in [4.69, 9.17) is 23.1 Å². The number of hydrogen-bond acceptors (Lipinski definition) is 7. The standard InChI is InChI=1S/C16H13ClN2O.C11H11N5/c1-19-14-8-7-12(17)9-13(14)16(18-10-15(19)20)11-5-3-2-4-6-11;12-10-7-6-9(11(13)14-10)16-15-8-4-2-1-3-5-8/h2-9H,10H2,1H3;1-7H,(H4,12,13,14)/b;16-15+. The Morgan fingerprint density at radius 2 is 1.58 bits per heavy atom. The van der Waals surface area contributed by atoms with Gasteiger partial charge in [0, 0.05) is 23.2 Å². The summed E-state index contributed by atoms with van der Waals surface area (Å²) in [5, 5.41) is 8.66. The van der Waals surface area contributed by atoms with Crippen molar-refractivity contribution in [3.05, 3.63) is 107 Å². The lowest BCUT2D eigenvalue weighted by Crippen LogP contribution is -2.27. The van der Waals surface area contributed by atoms with Crippen molar-refractivity contribution in [2.24, 2.45) is 15.2 Å². The van der Waals surface area contributed by atoms with Crippen molar-refractivity contribution in [1.29, 1.82) is 0 Å². The second-order valence-electron chi connectivity index (χ2n) is 7.82. The topological polar surface area (TPSA) is 122 Å². The third kappa shape index (κ3) is 5.92. The number of likely N-dealkylation sites (N-methyl/N-ethyl adjacent to an activating group) is 1. The van der Waals surface area contributed by atoms with Gasteiger partial charge in [-0.3, -0.25) is 9.79 Å². The molecule has 0 saturated carbocycles. The van der Waals surface area contributed by atoms with E-state index in [9.17, 15) is 4.79 Å². The highest BCUT2D eigenvalue weighted by molar-refractivity contribution is 6.32. The lowest BCUT2D eigenvalue weighted by atomic mass is 10.0. The fourth-order valence-electron chi connectivity index (χ4n) is 3.48. The van der Waals surface area contributed by atoms with Gasteiger partial charge in [-0.2, -0.15) is 5.11 Å². The number of azo groups is 1. The summed E-state index contributed by atoms with van der Waals surface area (Å²) in [5.41, 5.74) is 15.9. The number of nitrogens with two attached hydrogens (primary N) is 2. The molecule has 180 valence electrons. The van der Waals surface area contributed by atoms with Crippen LogP contribution in [0.4, 0.5) is 28.7 Å². The van der Waals surface area contributed by atoms with E-state index < -0.39 is 0 Å². The van der Waals surface area contributed by atoms with Crippen molar-refractivity contribution in [2.75, 3.05) is 30.0 Å². The van der Waals surface area contributed by atoms with Crippen LogP contribution in [0.1, 0.15) is 11.1 Å². The van der Waals surface area contributed by atoms with Gasteiger partial charge in [0.15, 0.2) is 5.82 Å². The summed E-state index contributed by atoms with van der Waals surface area (Å²) in [6, 6.07) is 28.1. The third-order valence-corrected chi connectivity index (χ3v) is 5.56. The quantitative estimate of drug-likeness (QED) is 0.346. The molecule has 1 aliphatic rings. The number of benzodiazepines with no additional fused rings is 1. The summed E-state index contributed by atoms with van der Waals surface area (Å²) in [7, 11) is 1.76. The van der Waals surface area contributed by atoms with E-state index in [1.807, 2.05) is 72.8 Å². The van der Waals surface area contributed by atoms with Gasteiger partial charge < -0.3 is 16.4 Å². The van der Waals surface area contributed by atoms with Crippen molar-refractivity contribution >= 4 is 51.9 Å². The molecule has 0 aliphatic carbocycles. The van der Waals surface area contributed by atoms with Crippen LogP contribution in [0.25, 0.3) is 0 Å². The zero-order chi connectivity index (χ0) is 25.5. The number of amides is 1. The average molecular weight is 498 g/mol. The largest absolute Gasteiger partial charge is 0.384 e. The van der Waals surface area contributed by atoms with Gasteiger partial charge in [-0.1, -0.05) is 60.1 Å². The highest BCUT2D eigenvalue weighted by Crippen LogP contribution is 2.28. The Morgan fingerprint density at radius 1 is 0.889 bits per heavy atom. The molecule has 1 amide bonds. The number of carbonyl (C=O) groups excluding carboxylic acids is 1. The number of carbonyl (C=O) groups is 1. The van der Waals surface area contributed by atoms with Gasteiger partial charge in [-0.05, 0) is 42.5 Å². The maximum absolute atomic E-state index is 12.0. The SMILES string of the molecule is CN1C(=O)CN=C(c2ccccc2)c2cc(Cl)ccc21.Nc1ccc(/N=N/c2ccccc2)c(N)n1. The first kappa shape index (κ1) is 24.6. The Morgan fingerprint density at radius 3 is 2.28 bits per heavy atom. The first-order valence-electron chi connectivity index (χ1n) is 11.1. The molecular formula is C27H24ClN7O. The number of nitrogens with zero attached hydrogens (tertiary/aromatic N) is 5. The third-order valence-electron chi connectivity index (χ3n) is 5.32. The first-order chi connectivity index (χ1) is 17.4. The molecule has 9 heteroatoms. The van der Waals surface area contributed by atoms with Crippen LogP contribution >= 0.6 is 11.6 Å². The summed E-state index contributed by atoms with van der Waals surface area (Å²) in [5.74, 6) is 0.621. The fraction of sp³-hybridized carbons (Fsp3) is 0.0741.